The van der Waals surface area contributed by atoms with E-state index in [0.29, 0.717) is 0 Å². The van der Waals surface area contributed by atoms with Crippen LogP contribution in [0.3, 0.4) is 0 Å². The van der Waals surface area contributed by atoms with Crippen molar-refractivity contribution in [2.24, 2.45) is 17.3 Å². The molecule has 1 aliphatic heterocycles. The van der Waals surface area contributed by atoms with Crippen LogP contribution in [0.15, 0.2) is 30.3 Å². The minimum Gasteiger partial charge on any atom is -0.459 e. The molecule has 4 rings (SSSR count). The molecule has 1 spiro atoms. The highest BCUT2D eigenvalue weighted by atomic mass is 16.6. The molecular weight excluding hydrogens is 536 g/mol. The Balaban J connectivity index is 2.01. The molecule has 11 heteroatoms. The van der Waals surface area contributed by atoms with E-state index in [-0.39, 0.29) is 12.0 Å². The standard InChI is InChI=1S/C30H38O11/c1-15-14-21(36-16(2)31)24(40-27(35)20-12-10-9-11-13-20)29(8)26(39-19(5)34)23(37-17(3)32)22-25(38-18(4)33)30(15,29)41-28(22,6)7/h9-13,15,21-26H,14H2,1-8H3/t15-,21+,22-,23-,24+,25-,26-,29+,30-/m1/s1. The quantitative estimate of drug-likeness (QED) is 0.365. The van der Waals surface area contributed by atoms with Gasteiger partial charge in [0.2, 0.25) is 0 Å². The Morgan fingerprint density at radius 3 is 1.80 bits per heavy atom. The molecule has 0 radical (unpaired) electrons. The van der Waals surface area contributed by atoms with Crippen LogP contribution in [0.4, 0.5) is 0 Å². The van der Waals surface area contributed by atoms with Crippen LogP contribution in [0.25, 0.3) is 0 Å². The van der Waals surface area contributed by atoms with Gasteiger partial charge in [-0.05, 0) is 45.2 Å². The fraction of sp³-hybridized carbons (Fsp3) is 0.633. The molecule has 2 aliphatic carbocycles. The van der Waals surface area contributed by atoms with E-state index < -0.39 is 88.8 Å². The first kappa shape index (κ1) is 30.5. The van der Waals surface area contributed by atoms with Crippen LogP contribution in [0.2, 0.25) is 0 Å². The van der Waals surface area contributed by atoms with Crippen molar-refractivity contribution in [3.05, 3.63) is 35.9 Å². The Labute approximate surface area is 239 Å². The lowest BCUT2D eigenvalue weighted by Gasteiger charge is -2.63. The summed E-state index contributed by atoms with van der Waals surface area (Å²) in [5, 5.41) is 0. The molecule has 9 atom stereocenters. The molecule has 1 saturated heterocycles. The van der Waals surface area contributed by atoms with Crippen LogP contribution in [0, 0.1) is 17.3 Å². The van der Waals surface area contributed by atoms with Crippen LogP contribution < -0.4 is 0 Å². The van der Waals surface area contributed by atoms with Gasteiger partial charge in [-0.1, -0.05) is 25.1 Å². The van der Waals surface area contributed by atoms with Crippen molar-refractivity contribution in [3.63, 3.8) is 0 Å². The van der Waals surface area contributed by atoms with Gasteiger partial charge in [0, 0.05) is 27.7 Å². The van der Waals surface area contributed by atoms with Gasteiger partial charge in [-0.2, -0.15) is 0 Å². The van der Waals surface area contributed by atoms with Gasteiger partial charge in [-0.25, -0.2) is 4.79 Å². The van der Waals surface area contributed by atoms with E-state index in [2.05, 4.69) is 0 Å². The number of esters is 5. The predicted octanol–water partition coefficient (Wildman–Crippen LogP) is 3.16. The van der Waals surface area contributed by atoms with Crippen molar-refractivity contribution in [3.8, 4) is 0 Å². The number of ether oxygens (including phenoxy) is 6. The summed E-state index contributed by atoms with van der Waals surface area (Å²) in [5.74, 6) is -4.50. The number of rotatable bonds is 6. The molecule has 2 bridgehead atoms. The van der Waals surface area contributed by atoms with E-state index in [1.807, 2.05) is 6.92 Å². The van der Waals surface area contributed by atoms with Crippen LogP contribution in [-0.4, -0.2) is 71.6 Å². The summed E-state index contributed by atoms with van der Waals surface area (Å²) in [4.78, 5) is 63.5. The minimum atomic E-state index is -1.55. The first-order chi connectivity index (χ1) is 19.1. The molecule has 3 fully saturated rings. The average Bonchev–Trinajstić information content (AvgIpc) is 3.05. The van der Waals surface area contributed by atoms with E-state index in [4.69, 9.17) is 28.4 Å². The fourth-order valence-electron chi connectivity index (χ4n) is 7.57. The molecule has 1 aromatic rings. The van der Waals surface area contributed by atoms with Crippen molar-refractivity contribution >= 4 is 29.8 Å². The third kappa shape index (κ3) is 4.98. The molecule has 11 nitrogen and oxygen atoms in total. The van der Waals surface area contributed by atoms with Gasteiger partial charge in [-0.3, -0.25) is 19.2 Å². The number of hydrogen-bond donors (Lipinski definition) is 0. The third-order valence-corrected chi connectivity index (χ3v) is 8.76. The summed E-state index contributed by atoms with van der Waals surface area (Å²) in [7, 11) is 0. The molecule has 0 amide bonds. The highest BCUT2D eigenvalue weighted by molar-refractivity contribution is 5.89. The molecule has 3 aliphatic rings. The van der Waals surface area contributed by atoms with Crippen LogP contribution in [-0.2, 0) is 47.6 Å². The first-order valence-electron chi connectivity index (χ1n) is 13.7. The van der Waals surface area contributed by atoms with E-state index in [1.54, 1.807) is 51.1 Å². The highest BCUT2D eigenvalue weighted by Crippen LogP contribution is 2.68. The molecule has 1 aromatic carbocycles. The monoisotopic (exact) mass is 574 g/mol. The molecule has 0 unspecified atom stereocenters. The van der Waals surface area contributed by atoms with Gasteiger partial charge in [0.1, 0.15) is 23.9 Å². The Morgan fingerprint density at radius 2 is 1.27 bits per heavy atom. The van der Waals surface area contributed by atoms with Gasteiger partial charge >= 0.3 is 29.8 Å². The number of fused-ring (bicyclic) bond motifs is 1. The maximum atomic E-state index is 13.5. The van der Waals surface area contributed by atoms with Gasteiger partial charge in [-0.15, -0.1) is 0 Å². The lowest BCUT2D eigenvalue weighted by molar-refractivity contribution is -0.315. The summed E-state index contributed by atoms with van der Waals surface area (Å²) in [6, 6.07) is 8.25. The van der Waals surface area contributed by atoms with E-state index in [0.717, 1.165) is 0 Å². The number of benzene rings is 1. The smallest absolute Gasteiger partial charge is 0.338 e. The zero-order valence-corrected chi connectivity index (χ0v) is 24.6. The second kappa shape index (κ2) is 10.7. The Hall–Kier alpha value is -3.47. The van der Waals surface area contributed by atoms with Crippen molar-refractivity contribution in [2.75, 3.05) is 0 Å². The molecule has 2 saturated carbocycles. The summed E-state index contributed by atoms with van der Waals surface area (Å²) in [6.45, 7) is 12.0. The molecule has 1 heterocycles. The van der Waals surface area contributed by atoms with Crippen LogP contribution in [0.1, 0.15) is 72.2 Å². The van der Waals surface area contributed by atoms with Crippen LogP contribution >= 0.6 is 0 Å². The Morgan fingerprint density at radius 1 is 0.732 bits per heavy atom. The average molecular weight is 575 g/mol. The lowest BCUT2D eigenvalue weighted by Crippen LogP contribution is -2.79. The third-order valence-electron chi connectivity index (χ3n) is 8.76. The zero-order valence-electron chi connectivity index (χ0n) is 24.6. The van der Waals surface area contributed by atoms with Crippen molar-refractivity contribution < 1.29 is 52.4 Å². The summed E-state index contributed by atoms with van der Waals surface area (Å²) >= 11 is 0. The van der Waals surface area contributed by atoms with Gasteiger partial charge in [0.15, 0.2) is 12.2 Å². The van der Waals surface area contributed by atoms with Gasteiger partial charge < -0.3 is 28.4 Å². The van der Waals surface area contributed by atoms with Crippen molar-refractivity contribution in [1.82, 2.24) is 0 Å². The second-order valence-corrected chi connectivity index (χ2v) is 11.9. The summed E-state index contributed by atoms with van der Waals surface area (Å²) in [5.41, 5.74) is -3.79. The number of carbonyl (C=O) groups excluding carboxylic acids is 5. The highest BCUT2D eigenvalue weighted by Gasteiger charge is 2.83. The first-order valence-corrected chi connectivity index (χ1v) is 13.7. The van der Waals surface area contributed by atoms with E-state index in [1.165, 1.54) is 27.7 Å². The molecule has 0 aromatic heterocycles. The summed E-state index contributed by atoms with van der Waals surface area (Å²) < 4.78 is 36.6. The maximum Gasteiger partial charge on any atom is 0.338 e. The summed E-state index contributed by atoms with van der Waals surface area (Å²) in [6.07, 6.45) is -5.50. The zero-order chi connectivity index (χ0) is 30.5. The molecule has 224 valence electrons. The SMILES string of the molecule is CC(=O)O[C@@H]1[C@@H]2[C@@H](OC(C)=O)[C@]3(OC2(C)C)[C@H](C)C[C@H](OC(C)=O)[C@H](OC(=O)c2ccccc2)[C@@]3(C)[C@@H]1OC(C)=O. The largest absolute Gasteiger partial charge is 0.459 e. The van der Waals surface area contributed by atoms with Crippen LogP contribution in [0.5, 0.6) is 0 Å². The Kier molecular flexibility index (Phi) is 7.99. The predicted molar refractivity (Wildman–Crippen MR) is 141 cm³/mol. The molecule has 0 N–H and O–H groups in total. The van der Waals surface area contributed by atoms with E-state index in [9.17, 15) is 24.0 Å². The van der Waals surface area contributed by atoms with Crippen molar-refractivity contribution in [2.45, 2.75) is 104 Å². The van der Waals surface area contributed by atoms with Crippen molar-refractivity contribution in [1.29, 1.82) is 0 Å². The second-order valence-electron chi connectivity index (χ2n) is 11.9. The minimum absolute atomic E-state index is 0.174. The number of hydrogen-bond acceptors (Lipinski definition) is 11. The fourth-order valence-corrected chi connectivity index (χ4v) is 7.57. The normalized spacial score (nSPS) is 36.7. The molecular formula is C30H38O11. The van der Waals surface area contributed by atoms with E-state index >= 15 is 0 Å². The topological polar surface area (TPSA) is 141 Å². The van der Waals surface area contributed by atoms with Gasteiger partial charge in [0.05, 0.1) is 22.5 Å². The Bertz CT molecular complexity index is 1230. The lowest BCUT2D eigenvalue weighted by atomic mass is 9.47. The molecule has 41 heavy (non-hydrogen) atoms. The maximum absolute atomic E-state index is 13.5. The number of carbonyl (C=O) groups is 5. The van der Waals surface area contributed by atoms with Gasteiger partial charge in [0.25, 0.3) is 0 Å².